The van der Waals surface area contributed by atoms with E-state index in [-0.39, 0.29) is 6.79 Å². The summed E-state index contributed by atoms with van der Waals surface area (Å²) < 4.78 is 16.3. The van der Waals surface area contributed by atoms with E-state index < -0.39 is 6.10 Å². The van der Waals surface area contributed by atoms with Crippen LogP contribution < -0.4 is 19.9 Å². The highest BCUT2D eigenvalue weighted by molar-refractivity contribution is 5.99. The summed E-state index contributed by atoms with van der Waals surface area (Å²) in [6.45, 7) is 0.219. The Labute approximate surface area is 146 Å². The standard InChI is InChI=1S/C19H20N2O4/c1-21-15(7-8-20)19(22)13-4-5-16(23-2)14(9-13)12-3-6-17-18(10-12)25-11-24-17/h3-10,19,22H,11,20H2,1-2H3. The number of nitrogens with two attached hydrogens (primary N) is 1. The molecule has 1 atom stereocenters. The van der Waals surface area contributed by atoms with Gasteiger partial charge in [-0.05, 0) is 47.7 Å². The molecule has 1 aliphatic heterocycles. The summed E-state index contributed by atoms with van der Waals surface area (Å²) in [6.07, 6.45) is 2.05. The molecule has 3 N–H and O–H groups in total. The summed E-state index contributed by atoms with van der Waals surface area (Å²) in [7, 11) is 3.22. The van der Waals surface area contributed by atoms with Crippen LogP contribution in [0.3, 0.4) is 0 Å². The highest BCUT2D eigenvalue weighted by Gasteiger charge is 2.18. The van der Waals surface area contributed by atoms with Crippen LogP contribution in [0.25, 0.3) is 11.1 Å². The number of aliphatic imine (C=N–C) groups is 1. The Morgan fingerprint density at radius 1 is 1.24 bits per heavy atom. The lowest BCUT2D eigenvalue weighted by atomic mass is 9.97. The van der Waals surface area contributed by atoms with Crippen molar-refractivity contribution in [2.75, 3.05) is 21.0 Å². The van der Waals surface area contributed by atoms with Crippen molar-refractivity contribution in [2.24, 2.45) is 10.7 Å². The molecule has 0 aliphatic carbocycles. The Balaban J connectivity index is 2.04. The molecule has 2 aromatic rings. The zero-order chi connectivity index (χ0) is 17.8. The molecular weight excluding hydrogens is 320 g/mol. The third kappa shape index (κ3) is 3.29. The fraction of sp³-hybridized carbons (Fsp3) is 0.211. The summed E-state index contributed by atoms with van der Waals surface area (Å²) in [6, 6.07) is 11.2. The van der Waals surface area contributed by atoms with Gasteiger partial charge >= 0.3 is 0 Å². The van der Waals surface area contributed by atoms with Gasteiger partial charge in [0.2, 0.25) is 6.79 Å². The number of nitrogens with zero attached hydrogens (tertiary/aromatic N) is 1. The lowest BCUT2D eigenvalue weighted by Crippen LogP contribution is -2.10. The van der Waals surface area contributed by atoms with E-state index in [1.165, 1.54) is 6.20 Å². The Morgan fingerprint density at radius 2 is 2.04 bits per heavy atom. The average Bonchev–Trinajstić information content (AvgIpc) is 3.12. The van der Waals surface area contributed by atoms with Gasteiger partial charge in [-0.2, -0.15) is 0 Å². The first-order valence-electron chi connectivity index (χ1n) is 7.79. The van der Waals surface area contributed by atoms with Crippen molar-refractivity contribution in [1.29, 1.82) is 0 Å². The van der Waals surface area contributed by atoms with Gasteiger partial charge in [0, 0.05) is 12.6 Å². The summed E-state index contributed by atoms with van der Waals surface area (Å²) >= 11 is 0. The third-order valence-electron chi connectivity index (χ3n) is 4.03. The minimum atomic E-state index is -0.886. The number of aliphatic hydroxyl groups excluding tert-OH is 1. The summed E-state index contributed by atoms with van der Waals surface area (Å²) in [5, 5.41) is 10.6. The van der Waals surface area contributed by atoms with Crippen LogP contribution in [0.4, 0.5) is 0 Å². The predicted octanol–water partition coefficient (Wildman–Crippen LogP) is 2.67. The Morgan fingerprint density at radius 3 is 2.76 bits per heavy atom. The molecule has 0 aromatic heterocycles. The molecule has 0 radical (unpaired) electrons. The Hall–Kier alpha value is -2.99. The number of rotatable bonds is 5. The number of ether oxygens (including phenoxy) is 3. The Bertz CT molecular complexity index is 830. The van der Waals surface area contributed by atoms with Crippen molar-refractivity contribution < 1.29 is 19.3 Å². The Kier molecular flexibility index (Phi) is 4.90. The molecule has 1 aliphatic rings. The van der Waals surface area contributed by atoms with Gasteiger partial charge < -0.3 is 25.1 Å². The second-order valence-electron chi connectivity index (χ2n) is 5.44. The first-order valence-corrected chi connectivity index (χ1v) is 7.79. The van der Waals surface area contributed by atoms with Gasteiger partial charge in [-0.25, -0.2) is 0 Å². The van der Waals surface area contributed by atoms with Crippen LogP contribution in [0.1, 0.15) is 11.7 Å². The fourth-order valence-corrected chi connectivity index (χ4v) is 2.74. The van der Waals surface area contributed by atoms with E-state index in [9.17, 15) is 5.11 Å². The SMILES string of the molecule is CN=C(C=CN)C(O)c1ccc(OC)c(-c2ccc3c(c2)OCO3)c1. The maximum absolute atomic E-state index is 10.6. The minimum absolute atomic E-state index is 0.219. The van der Waals surface area contributed by atoms with Crippen LogP contribution in [-0.4, -0.2) is 31.8 Å². The average molecular weight is 340 g/mol. The van der Waals surface area contributed by atoms with Crippen LogP contribution in [0.2, 0.25) is 0 Å². The number of aliphatic hydroxyl groups is 1. The van der Waals surface area contributed by atoms with Gasteiger partial charge in [0.15, 0.2) is 11.5 Å². The van der Waals surface area contributed by atoms with Gasteiger partial charge in [-0.1, -0.05) is 12.1 Å². The van der Waals surface area contributed by atoms with Crippen LogP contribution in [-0.2, 0) is 0 Å². The molecule has 0 saturated carbocycles. The molecule has 3 rings (SSSR count). The minimum Gasteiger partial charge on any atom is -0.496 e. The maximum atomic E-state index is 10.6. The first-order chi connectivity index (χ1) is 12.2. The predicted molar refractivity (Wildman–Crippen MR) is 96.2 cm³/mol. The normalized spacial score (nSPS) is 14.8. The quantitative estimate of drug-likeness (QED) is 0.817. The van der Waals surface area contributed by atoms with Gasteiger partial charge in [0.1, 0.15) is 11.9 Å². The molecule has 1 heterocycles. The van der Waals surface area contributed by atoms with Crippen LogP contribution in [0, 0.1) is 0 Å². The number of fused-ring (bicyclic) bond motifs is 1. The number of benzene rings is 2. The van der Waals surface area contributed by atoms with E-state index in [4.69, 9.17) is 19.9 Å². The smallest absolute Gasteiger partial charge is 0.231 e. The van der Waals surface area contributed by atoms with E-state index in [2.05, 4.69) is 4.99 Å². The third-order valence-corrected chi connectivity index (χ3v) is 4.03. The highest BCUT2D eigenvalue weighted by Crippen LogP contribution is 2.39. The summed E-state index contributed by atoms with van der Waals surface area (Å²) in [4.78, 5) is 4.08. The van der Waals surface area contributed by atoms with E-state index in [1.807, 2.05) is 30.3 Å². The number of hydrogen-bond donors (Lipinski definition) is 2. The summed E-state index contributed by atoms with van der Waals surface area (Å²) in [5.74, 6) is 2.10. The zero-order valence-electron chi connectivity index (χ0n) is 14.1. The first kappa shape index (κ1) is 16.9. The van der Waals surface area contributed by atoms with Crippen molar-refractivity contribution in [2.45, 2.75) is 6.10 Å². The molecule has 2 aromatic carbocycles. The van der Waals surface area contributed by atoms with Crippen LogP contribution in [0.5, 0.6) is 17.2 Å². The van der Waals surface area contributed by atoms with E-state index in [0.29, 0.717) is 28.5 Å². The fourth-order valence-electron chi connectivity index (χ4n) is 2.74. The molecule has 0 saturated heterocycles. The lowest BCUT2D eigenvalue weighted by Gasteiger charge is -2.15. The molecule has 130 valence electrons. The second kappa shape index (κ2) is 7.27. The molecule has 6 nitrogen and oxygen atoms in total. The monoisotopic (exact) mass is 340 g/mol. The largest absolute Gasteiger partial charge is 0.496 e. The highest BCUT2D eigenvalue weighted by atomic mass is 16.7. The molecule has 0 spiro atoms. The molecule has 25 heavy (non-hydrogen) atoms. The molecule has 0 bridgehead atoms. The lowest BCUT2D eigenvalue weighted by molar-refractivity contribution is 0.174. The van der Waals surface area contributed by atoms with Gasteiger partial charge in [0.25, 0.3) is 0 Å². The van der Waals surface area contributed by atoms with Gasteiger partial charge in [-0.3, -0.25) is 4.99 Å². The van der Waals surface area contributed by atoms with Crippen LogP contribution in [0.15, 0.2) is 53.7 Å². The van der Waals surface area contributed by atoms with Gasteiger partial charge in [0.05, 0.1) is 12.8 Å². The number of hydrogen-bond acceptors (Lipinski definition) is 6. The second-order valence-corrected chi connectivity index (χ2v) is 5.44. The van der Waals surface area contributed by atoms with Crippen molar-refractivity contribution in [3.8, 4) is 28.4 Å². The summed E-state index contributed by atoms with van der Waals surface area (Å²) in [5.41, 5.74) is 8.32. The van der Waals surface area contributed by atoms with Crippen molar-refractivity contribution >= 4 is 5.71 Å². The van der Waals surface area contributed by atoms with E-state index in [0.717, 1.165) is 11.1 Å². The topological polar surface area (TPSA) is 86.3 Å². The van der Waals surface area contributed by atoms with Crippen molar-refractivity contribution in [1.82, 2.24) is 0 Å². The molecule has 6 heteroatoms. The molecule has 0 amide bonds. The zero-order valence-corrected chi connectivity index (χ0v) is 14.1. The van der Waals surface area contributed by atoms with Crippen molar-refractivity contribution in [3.63, 3.8) is 0 Å². The van der Waals surface area contributed by atoms with E-state index in [1.54, 1.807) is 26.3 Å². The number of methoxy groups -OCH3 is 1. The molecule has 1 unspecified atom stereocenters. The maximum Gasteiger partial charge on any atom is 0.231 e. The van der Waals surface area contributed by atoms with Gasteiger partial charge in [-0.15, -0.1) is 0 Å². The molecular formula is C19H20N2O4. The van der Waals surface area contributed by atoms with Crippen molar-refractivity contribution in [3.05, 3.63) is 54.2 Å². The van der Waals surface area contributed by atoms with E-state index >= 15 is 0 Å². The molecule has 0 fully saturated rings. The van der Waals surface area contributed by atoms with Crippen LogP contribution >= 0.6 is 0 Å².